The first-order chi connectivity index (χ1) is 9.91. The Kier molecular flexibility index (Phi) is 6.63. The zero-order valence-electron chi connectivity index (χ0n) is 13.1. The lowest BCUT2D eigenvalue weighted by atomic mass is 9.70. The van der Waals surface area contributed by atoms with Crippen LogP contribution in [0.2, 0.25) is 0 Å². The highest BCUT2D eigenvalue weighted by Crippen LogP contribution is 2.37. The third-order valence-corrected chi connectivity index (χ3v) is 3.93. The molecule has 0 spiro atoms. The minimum atomic E-state index is -1.14. The fourth-order valence-corrected chi connectivity index (χ4v) is 2.50. The van der Waals surface area contributed by atoms with E-state index in [1.807, 2.05) is 13.0 Å². The normalized spacial score (nSPS) is 25.0. The third kappa shape index (κ3) is 5.01. The molecule has 1 rings (SSSR count). The lowest BCUT2D eigenvalue weighted by Crippen LogP contribution is -2.44. The van der Waals surface area contributed by atoms with E-state index in [-0.39, 0.29) is 6.61 Å². The van der Waals surface area contributed by atoms with Crippen LogP contribution in [0.5, 0.6) is 0 Å². The van der Waals surface area contributed by atoms with E-state index in [0.717, 1.165) is 12.8 Å². The van der Waals surface area contributed by atoms with Crippen LogP contribution in [0.3, 0.4) is 0 Å². The van der Waals surface area contributed by atoms with Gasteiger partial charge in [-0.15, -0.1) is 0 Å². The first-order valence-corrected chi connectivity index (χ1v) is 7.38. The third-order valence-electron chi connectivity index (χ3n) is 3.93. The van der Waals surface area contributed by atoms with Gasteiger partial charge in [-0.2, -0.15) is 0 Å². The number of aliphatic hydroxyl groups excluding tert-OH is 1. The molecule has 0 amide bonds. The second-order valence-corrected chi connectivity index (χ2v) is 6.01. The van der Waals surface area contributed by atoms with E-state index in [0.29, 0.717) is 6.42 Å². The molecular weight excluding hydrogens is 264 g/mol. The molecule has 0 aromatic heterocycles. The van der Waals surface area contributed by atoms with E-state index in [4.69, 9.17) is 0 Å². The summed E-state index contributed by atoms with van der Waals surface area (Å²) >= 11 is 0. The number of allylic oxidation sites excluding steroid dienone is 6. The Bertz CT molecular complexity index is 479. The SMILES string of the molecule is CC(C)=CCC/C(C)=C/CC1(CO)C=CC=CC1C(=O)[O-]. The summed E-state index contributed by atoms with van der Waals surface area (Å²) in [6, 6.07) is 0. The van der Waals surface area contributed by atoms with Crippen LogP contribution in [0.4, 0.5) is 0 Å². The fourth-order valence-electron chi connectivity index (χ4n) is 2.50. The number of carbonyl (C=O) groups excluding carboxylic acids is 1. The van der Waals surface area contributed by atoms with E-state index < -0.39 is 17.3 Å². The van der Waals surface area contributed by atoms with Crippen LogP contribution in [0.25, 0.3) is 0 Å². The van der Waals surface area contributed by atoms with Gasteiger partial charge in [0.25, 0.3) is 0 Å². The summed E-state index contributed by atoms with van der Waals surface area (Å²) in [5.41, 5.74) is 1.72. The molecule has 2 atom stereocenters. The smallest absolute Gasteiger partial charge is 0.0534 e. The van der Waals surface area contributed by atoms with E-state index in [2.05, 4.69) is 19.9 Å². The summed E-state index contributed by atoms with van der Waals surface area (Å²) in [5, 5.41) is 21.0. The van der Waals surface area contributed by atoms with Crippen LogP contribution in [-0.2, 0) is 4.79 Å². The molecule has 0 fully saturated rings. The average molecular weight is 289 g/mol. The van der Waals surface area contributed by atoms with Gasteiger partial charge < -0.3 is 15.0 Å². The van der Waals surface area contributed by atoms with Crippen molar-refractivity contribution < 1.29 is 15.0 Å². The van der Waals surface area contributed by atoms with Crippen LogP contribution < -0.4 is 5.11 Å². The van der Waals surface area contributed by atoms with Gasteiger partial charge in [-0.3, -0.25) is 0 Å². The molecule has 0 aromatic carbocycles. The van der Waals surface area contributed by atoms with Crippen molar-refractivity contribution in [2.45, 2.75) is 40.0 Å². The number of hydrogen-bond donors (Lipinski definition) is 1. The standard InChI is InChI=1S/C18H26O3/c1-14(2)7-6-8-15(3)10-12-18(13-19)11-5-4-9-16(18)17(20)21/h4-5,7,9-11,16,19H,6,8,12-13H2,1-3H3,(H,20,21)/p-1/b15-10+. The number of rotatable bonds is 7. The lowest BCUT2D eigenvalue weighted by molar-refractivity contribution is -0.313. The minimum Gasteiger partial charge on any atom is -0.549 e. The van der Waals surface area contributed by atoms with Crippen LogP contribution >= 0.6 is 0 Å². The van der Waals surface area contributed by atoms with Gasteiger partial charge in [0.1, 0.15) is 0 Å². The molecule has 0 saturated heterocycles. The van der Waals surface area contributed by atoms with E-state index in [1.54, 1.807) is 24.3 Å². The van der Waals surface area contributed by atoms with Crippen molar-refractivity contribution in [3.8, 4) is 0 Å². The molecule has 0 aromatic rings. The summed E-state index contributed by atoms with van der Waals surface area (Å²) in [5.74, 6) is -1.92. The maximum Gasteiger partial charge on any atom is 0.0534 e. The number of carboxylic acid groups (broad SMARTS) is 1. The zero-order chi connectivity index (χ0) is 15.9. The molecule has 0 heterocycles. The Labute approximate surface area is 127 Å². The number of carbonyl (C=O) groups is 1. The quantitative estimate of drug-likeness (QED) is 0.733. The highest BCUT2D eigenvalue weighted by molar-refractivity contribution is 5.72. The molecule has 1 aliphatic carbocycles. The molecule has 2 unspecified atom stereocenters. The second kappa shape index (κ2) is 7.99. The monoisotopic (exact) mass is 289 g/mol. The summed E-state index contributed by atoms with van der Waals surface area (Å²) in [6.45, 7) is 5.98. The van der Waals surface area contributed by atoms with Crippen molar-refractivity contribution in [3.63, 3.8) is 0 Å². The van der Waals surface area contributed by atoms with Gasteiger partial charge in [0.15, 0.2) is 0 Å². The van der Waals surface area contributed by atoms with E-state index in [9.17, 15) is 15.0 Å². The van der Waals surface area contributed by atoms with Crippen molar-refractivity contribution in [1.29, 1.82) is 0 Å². The summed E-state index contributed by atoms with van der Waals surface area (Å²) in [6.07, 6.45) is 13.5. The highest BCUT2D eigenvalue weighted by atomic mass is 16.4. The molecule has 21 heavy (non-hydrogen) atoms. The van der Waals surface area contributed by atoms with Gasteiger partial charge in [-0.25, -0.2) is 0 Å². The van der Waals surface area contributed by atoms with Crippen molar-refractivity contribution >= 4 is 5.97 Å². The zero-order valence-corrected chi connectivity index (χ0v) is 13.1. The number of carboxylic acids is 1. The maximum absolute atomic E-state index is 11.3. The first kappa shape index (κ1) is 17.4. The predicted molar refractivity (Wildman–Crippen MR) is 83.3 cm³/mol. The summed E-state index contributed by atoms with van der Waals surface area (Å²) < 4.78 is 0. The molecule has 3 nitrogen and oxygen atoms in total. The lowest BCUT2D eigenvalue weighted by Gasteiger charge is -2.37. The van der Waals surface area contributed by atoms with Crippen LogP contribution in [0.15, 0.2) is 47.6 Å². The largest absolute Gasteiger partial charge is 0.549 e. The van der Waals surface area contributed by atoms with Gasteiger partial charge in [-0.05, 0) is 40.0 Å². The highest BCUT2D eigenvalue weighted by Gasteiger charge is 2.35. The molecule has 1 N–H and O–H groups in total. The average Bonchev–Trinajstić information content (AvgIpc) is 2.44. The van der Waals surface area contributed by atoms with Gasteiger partial charge >= 0.3 is 0 Å². The van der Waals surface area contributed by atoms with Crippen molar-refractivity contribution in [3.05, 3.63) is 47.6 Å². The van der Waals surface area contributed by atoms with Crippen LogP contribution in [0.1, 0.15) is 40.0 Å². The molecule has 116 valence electrons. The minimum absolute atomic E-state index is 0.204. The Morgan fingerprint density at radius 2 is 2.00 bits per heavy atom. The number of aliphatic carboxylic acids is 1. The van der Waals surface area contributed by atoms with Crippen molar-refractivity contribution in [1.82, 2.24) is 0 Å². The van der Waals surface area contributed by atoms with Crippen LogP contribution in [-0.4, -0.2) is 17.7 Å². The van der Waals surface area contributed by atoms with Gasteiger partial charge in [-0.1, -0.05) is 47.6 Å². The number of hydrogen-bond acceptors (Lipinski definition) is 3. The molecule has 0 saturated carbocycles. The Balaban J connectivity index is 2.76. The van der Waals surface area contributed by atoms with Crippen molar-refractivity contribution in [2.24, 2.45) is 11.3 Å². The molecule has 0 aliphatic heterocycles. The predicted octanol–water partition coefficient (Wildman–Crippen LogP) is 2.54. The van der Waals surface area contributed by atoms with Gasteiger partial charge in [0, 0.05) is 17.3 Å². The Morgan fingerprint density at radius 1 is 1.29 bits per heavy atom. The number of aliphatic hydroxyl groups is 1. The Morgan fingerprint density at radius 3 is 2.57 bits per heavy atom. The van der Waals surface area contributed by atoms with Crippen molar-refractivity contribution in [2.75, 3.05) is 6.61 Å². The van der Waals surface area contributed by atoms with Crippen LogP contribution in [0, 0.1) is 11.3 Å². The molecular formula is C18H25O3-. The molecule has 0 bridgehead atoms. The molecule has 3 heteroatoms. The summed E-state index contributed by atoms with van der Waals surface area (Å²) in [4.78, 5) is 11.3. The summed E-state index contributed by atoms with van der Waals surface area (Å²) in [7, 11) is 0. The second-order valence-electron chi connectivity index (χ2n) is 6.01. The first-order valence-electron chi connectivity index (χ1n) is 7.38. The van der Waals surface area contributed by atoms with Gasteiger partial charge in [0.2, 0.25) is 0 Å². The van der Waals surface area contributed by atoms with Gasteiger partial charge in [0.05, 0.1) is 6.61 Å². The fraction of sp³-hybridized carbons (Fsp3) is 0.500. The topological polar surface area (TPSA) is 60.4 Å². The van der Waals surface area contributed by atoms with E-state index in [1.165, 1.54) is 11.1 Å². The molecule has 0 radical (unpaired) electrons. The Hall–Kier alpha value is -1.61. The molecule has 1 aliphatic rings. The van der Waals surface area contributed by atoms with E-state index >= 15 is 0 Å². The maximum atomic E-state index is 11.3.